The Labute approximate surface area is 123 Å². The summed E-state index contributed by atoms with van der Waals surface area (Å²) in [6.07, 6.45) is 7.22. The van der Waals surface area contributed by atoms with Crippen LogP contribution in [0.25, 0.3) is 0 Å². The number of rotatable bonds is 7. The van der Waals surface area contributed by atoms with E-state index in [0.29, 0.717) is 19.8 Å². The number of ether oxygens (including phenoxy) is 2. The van der Waals surface area contributed by atoms with Gasteiger partial charge in [0.1, 0.15) is 0 Å². The molecular weight excluding hydrogens is 248 g/mol. The highest BCUT2D eigenvalue weighted by Gasteiger charge is 2.14. The van der Waals surface area contributed by atoms with Crippen molar-refractivity contribution < 1.29 is 9.47 Å². The predicted octanol–water partition coefficient (Wildman–Crippen LogP) is 4.68. The largest absolute Gasteiger partial charge is 0.376 e. The van der Waals surface area contributed by atoms with Gasteiger partial charge in [-0.2, -0.15) is 0 Å². The molecule has 0 radical (unpaired) electrons. The Balaban J connectivity index is 1.71. The van der Waals surface area contributed by atoms with Crippen LogP contribution in [0.1, 0.15) is 63.0 Å². The fraction of sp³-hybridized carbons (Fsp3) is 0.667. The molecule has 0 bridgehead atoms. The number of benzene rings is 1. The standard InChI is InChI=1S/C18H28O2/c1-15(2)20-13-12-19-14-16-8-10-18(11-9-16)17-6-4-3-5-7-17/h8-11,15,17H,3-7,12-14H2,1-2H3. The third-order valence-corrected chi connectivity index (χ3v) is 4.00. The number of hydrogen-bond acceptors (Lipinski definition) is 2. The second-order valence-electron chi connectivity index (χ2n) is 6.05. The lowest BCUT2D eigenvalue weighted by molar-refractivity contribution is 0.0143. The molecule has 0 spiro atoms. The maximum absolute atomic E-state index is 5.63. The minimum atomic E-state index is 0.286. The lowest BCUT2D eigenvalue weighted by Crippen LogP contribution is -2.09. The zero-order valence-corrected chi connectivity index (χ0v) is 12.9. The van der Waals surface area contributed by atoms with E-state index in [4.69, 9.17) is 9.47 Å². The van der Waals surface area contributed by atoms with E-state index in [2.05, 4.69) is 24.3 Å². The Morgan fingerprint density at radius 2 is 1.70 bits per heavy atom. The molecule has 0 N–H and O–H groups in total. The van der Waals surface area contributed by atoms with Gasteiger partial charge in [-0.25, -0.2) is 0 Å². The van der Waals surface area contributed by atoms with Crippen molar-refractivity contribution in [2.75, 3.05) is 13.2 Å². The van der Waals surface area contributed by atoms with Crippen LogP contribution in [0.4, 0.5) is 0 Å². The van der Waals surface area contributed by atoms with Gasteiger partial charge in [0.15, 0.2) is 0 Å². The van der Waals surface area contributed by atoms with Gasteiger partial charge in [0.2, 0.25) is 0 Å². The molecule has 0 atom stereocenters. The Kier molecular flexibility index (Phi) is 6.55. The molecule has 0 heterocycles. The van der Waals surface area contributed by atoms with Crippen LogP contribution in [0, 0.1) is 0 Å². The van der Waals surface area contributed by atoms with E-state index in [1.165, 1.54) is 43.2 Å². The molecule has 0 aliphatic heterocycles. The summed E-state index contributed by atoms with van der Waals surface area (Å²) in [6, 6.07) is 9.01. The van der Waals surface area contributed by atoms with E-state index in [0.717, 1.165) is 5.92 Å². The molecule has 112 valence electrons. The summed E-state index contributed by atoms with van der Waals surface area (Å²) in [5, 5.41) is 0. The third-order valence-electron chi connectivity index (χ3n) is 4.00. The maximum atomic E-state index is 5.63. The normalized spacial score (nSPS) is 16.8. The van der Waals surface area contributed by atoms with Gasteiger partial charge in [0, 0.05) is 0 Å². The molecule has 1 aliphatic rings. The van der Waals surface area contributed by atoms with Crippen molar-refractivity contribution in [1.82, 2.24) is 0 Å². The van der Waals surface area contributed by atoms with Crippen LogP contribution in [-0.4, -0.2) is 19.3 Å². The van der Waals surface area contributed by atoms with E-state index in [9.17, 15) is 0 Å². The monoisotopic (exact) mass is 276 g/mol. The van der Waals surface area contributed by atoms with Crippen molar-refractivity contribution in [2.45, 2.75) is 64.6 Å². The SMILES string of the molecule is CC(C)OCCOCc1ccc(C2CCCCC2)cc1. The fourth-order valence-electron chi connectivity index (χ4n) is 2.85. The summed E-state index contributed by atoms with van der Waals surface area (Å²) >= 11 is 0. The third kappa shape index (κ3) is 5.26. The van der Waals surface area contributed by atoms with Crippen LogP contribution >= 0.6 is 0 Å². The average molecular weight is 276 g/mol. The van der Waals surface area contributed by atoms with Gasteiger partial charge in [-0.05, 0) is 43.7 Å². The molecule has 1 aromatic carbocycles. The predicted molar refractivity (Wildman–Crippen MR) is 83.0 cm³/mol. The molecule has 1 aliphatic carbocycles. The Hall–Kier alpha value is -0.860. The molecule has 2 heteroatoms. The number of hydrogen-bond donors (Lipinski definition) is 0. The second kappa shape index (κ2) is 8.43. The molecule has 0 unspecified atom stereocenters. The van der Waals surface area contributed by atoms with Crippen molar-refractivity contribution in [3.05, 3.63) is 35.4 Å². The van der Waals surface area contributed by atoms with Gasteiger partial charge in [-0.15, -0.1) is 0 Å². The summed E-state index contributed by atoms with van der Waals surface area (Å²) < 4.78 is 11.1. The summed E-state index contributed by atoms with van der Waals surface area (Å²) in [4.78, 5) is 0. The second-order valence-corrected chi connectivity index (χ2v) is 6.05. The quantitative estimate of drug-likeness (QED) is 0.673. The van der Waals surface area contributed by atoms with Crippen molar-refractivity contribution in [2.24, 2.45) is 0 Å². The van der Waals surface area contributed by atoms with E-state index in [-0.39, 0.29) is 6.10 Å². The first-order valence-corrected chi connectivity index (χ1v) is 8.04. The highest BCUT2D eigenvalue weighted by Crippen LogP contribution is 2.32. The summed E-state index contributed by atoms with van der Waals surface area (Å²) in [7, 11) is 0. The van der Waals surface area contributed by atoms with Crippen LogP contribution in [0.3, 0.4) is 0 Å². The van der Waals surface area contributed by atoms with Gasteiger partial charge < -0.3 is 9.47 Å². The molecule has 0 amide bonds. The molecular formula is C18H28O2. The first-order chi connectivity index (χ1) is 9.75. The van der Waals surface area contributed by atoms with E-state index < -0.39 is 0 Å². The molecule has 20 heavy (non-hydrogen) atoms. The van der Waals surface area contributed by atoms with Gasteiger partial charge in [-0.3, -0.25) is 0 Å². The molecule has 0 saturated heterocycles. The van der Waals surface area contributed by atoms with E-state index >= 15 is 0 Å². The van der Waals surface area contributed by atoms with Crippen LogP contribution in [0.5, 0.6) is 0 Å². The molecule has 1 fully saturated rings. The minimum absolute atomic E-state index is 0.286. The zero-order valence-electron chi connectivity index (χ0n) is 12.9. The van der Waals surface area contributed by atoms with Gasteiger partial charge >= 0.3 is 0 Å². The van der Waals surface area contributed by atoms with Gasteiger partial charge in [0.05, 0.1) is 25.9 Å². The summed E-state index contributed by atoms with van der Waals surface area (Å²) in [5.41, 5.74) is 2.77. The fourth-order valence-corrected chi connectivity index (χ4v) is 2.85. The van der Waals surface area contributed by atoms with Crippen LogP contribution in [0.15, 0.2) is 24.3 Å². The smallest absolute Gasteiger partial charge is 0.0718 e. The van der Waals surface area contributed by atoms with Gasteiger partial charge in [-0.1, -0.05) is 43.5 Å². The van der Waals surface area contributed by atoms with Crippen molar-refractivity contribution in [3.63, 3.8) is 0 Å². The Morgan fingerprint density at radius 1 is 1.00 bits per heavy atom. The first-order valence-electron chi connectivity index (χ1n) is 8.04. The topological polar surface area (TPSA) is 18.5 Å². The Morgan fingerprint density at radius 3 is 2.35 bits per heavy atom. The molecule has 0 aromatic heterocycles. The average Bonchev–Trinajstić information content (AvgIpc) is 2.48. The lowest BCUT2D eigenvalue weighted by atomic mass is 9.84. The zero-order chi connectivity index (χ0) is 14.2. The first kappa shape index (κ1) is 15.5. The highest BCUT2D eigenvalue weighted by atomic mass is 16.5. The molecule has 2 rings (SSSR count). The summed E-state index contributed by atoms with van der Waals surface area (Å²) in [5.74, 6) is 0.790. The van der Waals surface area contributed by atoms with Crippen molar-refractivity contribution in [3.8, 4) is 0 Å². The maximum Gasteiger partial charge on any atom is 0.0718 e. The summed E-state index contributed by atoms with van der Waals surface area (Å²) in [6.45, 7) is 6.13. The van der Waals surface area contributed by atoms with Crippen LogP contribution < -0.4 is 0 Å². The Bertz CT molecular complexity index is 364. The molecule has 2 nitrogen and oxygen atoms in total. The van der Waals surface area contributed by atoms with Crippen LogP contribution in [-0.2, 0) is 16.1 Å². The van der Waals surface area contributed by atoms with E-state index in [1.807, 2.05) is 13.8 Å². The minimum Gasteiger partial charge on any atom is -0.376 e. The van der Waals surface area contributed by atoms with E-state index in [1.54, 1.807) is 0 Å². The van der Waals surface area contributed by atoms with Crippen LogP contribution in [0.2, 0.25) is 0 Å². The molecule has 1 aromatic rings. The van der Waals surface area contributed by atoms with Gasteiger partial charge in [0.25, 0.3) is 0 Å². The molecule has 1 saturated carbocycles. The highest BCUT2D eigenvalue weighted by molar-refractivity contribution is 5.25. The van der Waals surface area contributed by atoms with Crippen molar-refractivity contribution in [1.29, 1.82) is 0 Å². The lowest BCUT2D eigenvalue weighted by Gasteiger charge is -2.22. The van der Waals surface area contributed by atoms with Crippen molar-refractivity contribution >= 4 is 0 Å².